The highest BCUT2D eigenvalue weighted by Gasteiger charge is 2.17. The quantitative estimate of drug-likeness (QED) is 0.909. The average molecular weight is 343 g/mol. The second-order valence-electron chi connectivity index (χ2n) is 5.51. The van der Waals surface area contributed by atoms with Gasteiger partial charge < -0.3 is 4.74 Å². The molecule has 0 aromatic heterocycles. The van der Waals surface area contributed by atoms with Gasteiger partial charge in [0.1, 0.15) is 11.6 Å². The predicted molar refractivity (Wildman–Crippen MR) is 98.1 cm³/mol. The summed E-state index contributed by atoms with van der Waals surface area (Å²) < 4.78 is 18.8. The fourth-order valence-electron chi connectivity index (χ4n) is 2.46. The van der Waals surface area contributed by atoms with Gasteiger partial charge >= 0.3 is 0 Å². The Hall–Kier alpha value is -2.34. The zero-order valence-corrected chi connectivity index (χ0v) is 14.6. The second-order valence-corrected chi connectivity index (χ2v) is 6.47. The van der Waals surface area contributed by atoms with Crippen LogP contribution >= 0.6 is 11.8 Å². The van der Waals surface area contributed by atoms with E-state index in [1.807, 2.05) is 19.1 Å². The molecule has 0 atom stereocenters. The summed E-state index contributed by atoms with van der Waals surface area (Å²) in [5.41, 5.74) is 7.58. The third-order valence-electron chi connectivity index (χ3n) is 3.68. The van der Waals surface area contributed by atoms with E-state index in [9.17, 15) is 4.39 Å². The molecule has 0 fully saturated rings. The monoisotopic (exact) mass is 343 g/mol. The van der Waals surface area contributed by atoms with Crippen molar-refractivity contribution >= 4 is 28.3 Å². The Kier molecular flexibility index (Phi) is 4.85. The van der Waals surface area contributed by atoms with Crippen molar-refractivity contribution < 1.29 is 9.13 Å². The van der Waals surface area contributed by atoms with Crippen LogP contribution < -0.4 is 10.2 Å². The molecule has 1 heterocycles. The van der Waals surface area contributed by atoms with Gasteiger partial charge in [-0.05, 0) is 43.7 Å². The molecule has 0 bridgehead atoms. The van der Waals surface area contributed by atoms with E-state index in [0.717, 1.165) is 22.1 Å². The average Bonchev–Trinajstić information content (AvgIpc) is 2.58. The van der Waals surface area contributed by atoms with E-state index in [-0.39, 0.29) is 5.82 Å². The molecular weight excluding hydrogens is 325 g/mol. The van der Waals surface area contributed by atoms with Crippen LogP contribution in [-0.2, 0) is 0 Å². The molecule has 1 N–H and O–H groups in total. The molecule has 0 saturated heterocycles. The normalized spacial score (nSPS) is 15.8. The number of nitrogens with zero attached hydrogens (tertiary/aromatic N) is 2. The molecule has 2 aromatic rings. The third-order valence-corrected chi connectivity index (χ3v) is 4.55. The van der Waals surface area contributed by atoms with Crippen LogP contribution in [0, 0.1) is 19.7 Å². The lowest BCUT2D eigenvalue weighted by Crippen LogP contribution is -2.25. The molecule has 0 saturated carbocycles. The minimum Gasteiger partial charge on any atom is -0.496 e. The number of thioether (sulfide) groups is 1. The maximum Gasteiger partial charge on any atom is 0.182 e. The fraction of sp³-hybridized carbons (Fsp3) is 0.222. The lowest BCUT2D eigenvalue weighted by Gasteiger charge is -2.17. The number of hydrogen-bond donors (Lipinski definition) is 1. The summed E-state index contributed by atoms with van der Waals surface area (Å²) in [6, 6.07) is 10.5. The molecule has 3 rings (SSSR count). The largest absolute Gasteiger partial charge is 0.496 e. The van der Waals surface area contributed by atoms with Gasteiger partial charge in [0.05, 0.1) is 18.5 Å². The number of rotatable bonds is 3. The lowest BCUT2D eigenvalue weighted by atomic mass is 10.1. The van der Waals surface area contributed by atoms with E-state index < -0.39 is 0 Å². The van der Waals surface area contributed by atoms with Crippen molar-refractivity contribution in [3.05, 3.63) is 58.9 Å². The summed E-state index contributed by atoms with van der Waals surface area (Å²) in [5, 5.41) is 5.07. The van der Waals surface area contributed by atoms with Gasteiger partial charge in [0.2, 0.25) is 0 Å². The SMILES string of the molecule is COc1ccc(F)cc1C1=NNC(=Nc2ccc(C)cc2C)SC1. The summed E-state index contributed by atoms with van der Waals surface area (Å²) in [6.45, 7) is 4.09. The van der Waals surface area contributed by atoms with Crippen molar-refractivity contribution in [1.82, 2.24) is 5.43 Å². The first-order valence-electron chi connectivity index (χ1n) is 7.52. The molecule has 4 nitrogen and oxygen atoms in total. The van der Waals surface area contributed by atoms with Gasteiger partial charge in [-0.1, -0.05) is 29.5 Å². The van der Waals surface area contributed by atoms with Crippen molar-refractivity contribution in [1.29, 1.82) is 0 Å². The third kappa shape index (κ3) is 3.59. The number of halogens is 1. The first-order valence-corrected chi connectivity index (χ1v) is 8.50. The van der Waals surface area contributed by atoms with Crippen LogP contribution in [0.15, 0.2) is 46.5 Å². The molecule has 6 heteroatoms. The smallest absolute Gasteiger partial charge is 0.182 e. The molecule has 124 valence electrons. The highest BCUT2D eigenvalue weighted by Crippen LogP contribution is 2.25. The van der Waals surface area contributed by atoms with E-state index in [1.165, 1.54) is 29.5 Å². The Morgan fingerprint density at radius 1 is 1.21 bits per heavy atom. The number of methoxy groups -OCH3 is 1. The van der Waals surface area contributed by atoms with Crippen LogP contribution in [-0.4, -0.2) is 23.7 Å². The highest BCUT2D eigenvalue weighted by molar-refractivity contribution is 8.14. The maximum absolute atomic E-state index is 13.5. The summed E-state index contributed by atoms with van der Waals surface area (Å²) >= 11 is 1.53. The van der Waals surface area contributed by atoms with Gasteiger partial charge in [0.15, 0.2) is 5.17 Å². The summed E-state index contributed by atoms with van der Waals surface area (Å²) in [4.78, 5) is 4.60. The molecule has 24 heavy (non-hydrogen) atoms. The summed E-state index contributed by atoms with van der Waals surface area (Å²) in [5.74, 6) is 0.886. The number of aryl methyl sites for hydroxylation is 2. The van der Waals surface area contributed by atoms with Crippen molar-refractivity contribution in [3.63, 3.8) is 0 Å². The molecule has 0 amide bonds. The van der Waals surface area contributed by atoms with Crippen LogP contribution in [0.25, 0.3) is 0 Å². The Morgan fingerprint density at radius 3 is 2.71 bits per heavy atom. The number of hydrazone groups is 1. The first kappa shape index (κ1) is 16.5. The van der Waals surface area contributed by atoms with Gasteiger partial charge in [-0.15, -0.1) is 0 Å². The number of aliphatic imine (C=N–C) groups is 1. The Balaban J connectivity index is 1.84. The van der Waals surface area contributed by atoms with Gasteiger partial charge in [-0.2, -0.15) is 5.10 Å². The zero-order chi connectivity index (χ0) is 17.1. The van der Waals surface area contributed by atoms with Crippen LogP contribution in [0.3, 0.4) is 0 Å². The molecule has 1 aliphatic rings. The van der Waals surface area contributed by atoms with E-state index >= 15 is 0 Å². The van der Waals surface area contributed by atoms with Crippen LogP contribution in [0.4, 0.5) is 10.1 Å². The number of nitrogens with one attached hydrogen (secondary N) is 1. The number of hydrogen-bond acceptors (Lipinski definition) is 4. The van der Waals surface area contributed by atoms with Gasteiger partial charge in [-0.3, -0.25) is 5.43 Å². The Morgan fingerprint density at radius 2 is 2.04 bits per heavy atom. The molecular formula is C18H18FN3OS. The molecule has 0 unspecified atom stereocenters. The number of benzene rings is 2. The maximum atomic E-state index is 13.5. The molecule has 2 aromatic carbocycles. The van der Waals surface area contributed by atoms with E-state index in [1.54, 1.807) is 13.2 Å². The Labute approximate surface area is 144 Å². The van der Waals surface area contributed by atoms with E-state index in [4.69, 9.17) is 4.74 Å². The van der Waals surface area contributed by atoms with E-state index in [0.29, 0.717) is 17.1 Å². The van der Waals surface area contributed by atoms with Crippen LogP contribution in [0.5, 0.6) is 5.75 Å². The molecule has 0 spiro atoms. The molecule has 0 radical (unpaired) electrons. The molecule has 0 aliphatic carbocycles. The highest BCUT2D eigenvalue weighted by atomic mass is 32.2. The fourth-order valence-corrected chi connectivity index (χ4v) is 3.22. The summed E-state index contributed by atoms with van der Waals surface area (Å²) in [6.07, 6.45) is 0. The topological polar surface area (TPSA) is 46.0 Å². The summed E-state index contributed by atoms with van der Waals surface area (Å²) in [7, 11) is 1.56. The van der Waals surface area contributed by atoms with Crippen LogP contribution in [0.2, 0.25) is 0 Å². The first-order chi connectivity index (χ1) is 11.6. The standard InChI is InChI=1S/C18H18FN3OS/c1-11-4-6-15(12(2)8-11)20-18-22-21-16(10-24-18)14-9-13(19)5-7-17(14)23-3/h4-9H,10H2,1-3H3,(H,20,22). The number of amidine groups is 1. The van der Waals surface area contributed by atoms with Crippen molar-refractivity contribution in [3.8, 4) is 5.75 Å². The second kappa shape index (κ2) is 7.05. The van der Waals surface area contributed by atoms with Crippen molar-refractivity contribution in [2.75, 3.05) is 12.9 Å². The van der Waals surface area contributed by atoms with Crippen molar-refractivity contribution in [2.24, 2.45) is 10.1 Å². The minimum atomic E-state index is -0.312. The predicted octanol–water partition coefficient (Wildman–Crippen LogP) is 4.18. The van der Waals surface area contributed by atoms with E-state index in [2.05, 4.69) is 28.5 Å². The van der Waals surface area contributed by atoms with Gasteiger partial charge in [0, 0.05) is 11.3 Å². The lowest BCUT2D eigenvalue weighted by molar-refractivity contribution is 0.412. The molecule has 1 aliphatic heterocycles. The Bertz CT molecular complexity index is 833. The minimum absolute atomic E-state index is 0.312. The van der Waals surface area contributed by atoms with Crippen molar-refractivity contribution in [2.45, 2.75) is 13.8 Å². The van der Waals surface area contributed by atoms with Gasteiger partial charge in [0.25, 0.3) is 0 Å². The van der Waals surface area contributed by atoms with Gasteiger partial charge in [-0.25, -0.2) is 9.38 Å². The number of ether oxygens (including phenoxy) is 1. The van der Waals surface area contributed by atoms with Crippen LogP contribution in [0.1, 0.15) is 16.7 Å². The zero-order valence-electron chi connectivity index (χ0n) is 13.8.